The van der Waals surface area contributed by atoms with Gasteiger partial charge in [0.15, 0.2) is 0 Å². The Morgan fingerprint density at radius 2 is 2.33 bits per heavy atom. The van der Waals surface area contributed by atoms with Crippen LogP contribution in [-0.2, 0) is 0 Å². The summed E-state index contributed by atoms with van der Waals surface area (Å²) in [7, 11) is 1.81. The zero-order valence-electron chi connectivity index (χ0n) is 8.74. The summed E-state index contributed by atoms with van der Waals surface area (Å²) in [4.78, 5) is 17.5. The average molecular weight is 289 g/mol. The van der Waals surface area contributed by atoms with Crippen molar-refractivity contribution in [1.29, 1.82) is 0 Å². The van der Waals surface area contributed by atoms with Crippen LogP contribution in [0, 0.1) is 0 Å². The van der Waals surface area contributed by atoms with E-state index in [4.69, 9.17) is 0 Å². The fourth-order valence-corrected chi connectivity index (χ4v) is 1.90. The van der Waals surface area contributed by atoms with Crippen LogP contribution >= 0.6 is 27.7 Å². The molecule has 0 spiro atoms. The van der Waals surface area contributed by atoms with Crippen molar-refractivity contribution in [3.8, 4) is 0 Å². The van der Waals surface area contributed by atoms with Gasteiger partial charge in [0, 0.05) is 36.2 Å². The molecule has 5 heteroatoms. The number of rotatable bonds is 4. The third-order valence-corrected chi connectivity index (χ3v) is 2.95. The largest absolute Gasteiger partial charge is 0.341 e. The summed E-state index contributed by atoms with van der Waals surface area (Å²) in [6.45, 7) is 0.756. The first-order chi connectivity index (χ1) is 7.15. The van der Waals surface area contributed by atoms with Crippen molar-refractivity contribution in [2.75, 3.05) is 25.6 Å². The minimum Gasteiger partial charge on any atom is -0.341 e. The first kappa shape index (κ1) is 12.5. The maximum absolute atomic E-state index is 11.9. The van der Waals surface area contributed by atoms with Gasteiger partial charge in [0.2, 0.25) is 0 Å². The number of nitrogens with zero attached hydrogens (tertiary/aromatic N) is 2. The number of hydrogen-bond acceptors (Lipinski definition) is 3. The van der Waals surface area contributed by atoms with Crippen molar-refractivity contribution >= 4 is 33.6 Å². The lowest BCUT2D eigenvalue weighted by atomic mass is 10.2. The molecule has 1 amide bonds. The Kier molecular flexibility index (Phi) is 5.11. The molecule has 15 heavy (non-hydrogen) atoms. The van der Waals surface area contributed by atoms with E-state index in [1.807, 2.05) is 6.26 Å². The fraction of sp³-hybridized carbons (Fsp3) is 0.400. The Bertz CT molecular complexity index is 346. The summed E-state index contributed by atoms with van der Waals surface area (Å²) in [6.07, 6.45) is 5.28. The summed E-state index contributed by atoms with van der Waals surface area (Å²) in [5.74, 6) is 0.960. The second-order valence-corrected chi connectivity index (χ2v) is 5.01. The van der Waals surface area contributed by atoms with E-state index in [-0.39, 0.29) is 5.91 Å². The number of carbonyl (C=O) groups excluding carboxylic acids is 1. The van der Waals surface area contributed by atoms with E-state index in [0.29, 0.717) is 5.56 Å². The molecule has 0 saturated carbocycles. The van der Waals surface area contributed by atoms with E-state index < -0.39 is 0 Å². The highest BCUT2D eigenvalue weighted by atomic mass is 79.9. The molecule has 0 fully saturated rings. The summed E-state index contributed by atoms with van der Waals surface area (Å²) >= 11 is 5.02. The van der Waals surface area contributed by atoms with Gasteiger partial charge in [-0.1, -0.05) is 0 Å². The maximum atomic E-state index is 11.9. The average Bonchev–Trinajstić information content (AvgIpc) is 2.24. The molecular formula is C10H13BrN2OS. The van der Waals surface area contributed by atoms with Crippen LogP contribution in [0.25, 0.3) is 0 Å². The van der Waals surface area contributed by atoms with Gasteiger partial charge in [-0.05, 0) is 28.3 Å². The van der Waals surface area contributed by atoms with Crippen molar-refractivity contribution in [3.63, 3.8) is 0 Å². The van der Waals surface area contributed by atoms with Gasteiger partial charge in [0.05, 0.1) is 5.56 Å². The van der Waals surface area contributed by atoms with Gasteiger partial charge >= 0.3 is 0 Å². The molecule has 0 radical (unpaired) electrons. The SMILES string of the molecule is CSCCN(C)C(=O)c1cncc(Br)c1. The highest BCUT2D eigenvalue weighted by molar-refractivity contribution is 9.10. The molecule has 1 rings (SSSR count). The van der Waals surface area contributed by atoms with Gasteiger partial charge in [0.1, 0.15) is 0 Å². The van der Waals surface area contributed by atoms with E-state index in [0.717, 1.165) is 16.8 Å². The molecule has 0 aliphatic heterocycles. The Morgan fingerprint density at radius 3 is 2.93 bits per heavy atom. The van der Waals surface area contributed by atoms with Crippen molar-refractivity contribution in [2.45, 2.75) is 0 Å². The predicted molar refractivity (Wildman–Crippen MR) is 67.3 cm³/mol. The lowest BCUT2D eigenvalue weighted by Gasteiger charge is -2.16. The molecule has 0 N–H and O–H groups in total. The molecule has 0 aliphatic rings. The Balaban J connectivity index is 2.67. The lowest BCUT2D eigenvalue weighted by Crippen LogP contribution is -2.28. The Morgan fingerprint density at radius 1 is 1.60 bits per heavy atom. The van der Waals surface area contributed by atoms with Gasteiger partial charge in [0.25, 0.3) is 5.91 Å². The molecule has 0 aromatic carbocycles. The van der Waals surface area contributed by atoms with Crippen molar-refractivity contribution in [2.24, 2.45) is 0 Å². The van der Waals surface area contributed by atoms with Crippen molar-refractivity contribution in [1.82, 2.24) is 9.88 Å². The molecule has 1 heterocycles. The first-order valence-electron chi connectivity index (χ1n) is 4.50. The summed E-state index contributed by atoms with van der Waals surface area (Å²) < 4.78 is 0.826. The quantitative estimate of drug-likeness (QED) is 0.852. The number of thioether (sulfide) groups is 1. The molecule has 1 aromatic heterocycles. The van der Waals surface area contributed by atoms with E-state index in [2.05, 4.69) is 20.9 Å². The summed E-state index contributed by atoms with van der Waals surface area (Å²) in [5, 5.41) is 0. The molecule has 0 unspecified atom stereocenters. The monoisotopic (exact) mass is 288 g/mol. The van der Waals surface area contributed by atoms with Crippen molar-refractivity contribution in [3.05, 3.63) is 28.5 Å². The molecule has 0 atom stereocenters. The van der Waals surface area contributed by atoms with Gasteiger partial charge in [-0.15, -0.1) is 0 Å². The first-order valence-corrected chi connectivity index (χ1v) is 6.69. The van der Waals surface area contributed by atoms with Crippen LogP contribution in [0.5, 0.6) is 0 Å². The normalized spacial score (nSPS) is 10.1. The Hall–Kier alpha value is -0.550. The number of halogens is 1. The second-order valence-electron chi connectivity index (χ2n) is 3.11. The zero-order valence-corrected chi connectivity index (χ0v) is 11.1. The molecule has 0 saturated heterocycles. The number of pyridine rings is 1. The summed E-state index contributed by atoms with van der Waals surface area (Å²) in [6, 6.07) is 1.78. The number of carbonyl (C=O) groups is 1. The highest BCUT2D eigenvalue weighted by Gasteiger charge is 2.11. The molecule has 0 aliphatic carbocycles. The number of hydrogen-bond donors (Lipinski definition) is 0. The summed E-state index contributed by atoms with van der Waals surface area (Å²) in [5.41, 5.74) is 0.618. The van der Waals surface area contributed by atoms with Gasteiger partial charge in [-0.3, -0.25) is 9.78 Å². The third kappa shape index (κ3) is 3.83. The highest BCUT2D eigenvalue weighted by Crippen LogP contribution is 2.11. The molecule has 0 bridgehead atoms. The standard InChI is InChI=1S/C10H13BrN2OS/c1-13(3-4-15-2)10(14)8-5-9(11)7-12-6-8/h5-7H,3-4H2,1-2H3. The smallest absolute Gasteiger partial charge is 0.255 e. The lowest BCUT2D eigenvalue weighted by molar-refractivity contribution is 0.0803. The topological polar surface area (TPSA) is 33.2 Å². The van der Waals surface area contributed by atoms with Crippen LogP contribution in [-0.4, -0.2) is 41.4 Å². The van der Waals surface area contributed by atoms with Crippen LogP contribution in [0.1, 0.15) is 10.4 Å². The molecule has 3 nitrogen and oxygen atoms in total. The van der Waals surface area contributed by atoms with Gasteiger partial charge in [-0.25, -0.2) is 0 Å². The molecule has 1 aromatic rings. The zero-order chi connectivity index (χ0) is 11.3. The van der Waals surface area contributed by atoms with E-state index >= 15 is 0 Å². The van der Waals surface area contributed by atoms with Crippen molar-refractivity contribution < 1.29 is 4.79 Å². The minimum absolute atomic E-state index is 0.0119. The minimum atomic E-state index is 0.0119. The Labute approximate surface area is 102 Å². The predicted octanol–water partition coefficient (Wildman–Crippen LogP) is 2.28. The van der Waals surface area contributed by atoms with Crippen LogP contribution in [0.4, 0.5) is 0 Å². The van der Waals surface area contributed by atoms with E-state index in [9.17, 15) is 4.79 Å². The number of aromatic nitrogens is 1. The molecule has 82 valence electrons. The van der Waals surface area contributed by atoms with Crippen LogP contribution < -0.4 is 0 Å². The second kappa shape index (κ2) is 6.12. The van der Waals surface area contributed by atoms with Crippen LogP contribution in [0.15, 0.2) is 22.9 Å². The number of amides is 1. The van der Waals surface area contributed by atoms with Crippen LogP contribution in [0.2, 0.25) is 0 Å². The fourth-order valence-electron chi connectivity index (χ4n) is 1.08. The van der Waals surface area contributed by atoms with Crippen LogP contribution in [0.3, 0.4) is 0 Å². The van der Waals surface area contributed by atoms with Gasteiger partial charge < -0.3 is 4.90 Å². The maximum Gasteiger partial charge on any atom is 0.255 e. The van der Waals surface area contributed by atoms with E-state index in [1.54, 1.807) is 42.2 Å². The molecular weight excluding hydrogens is 276 g/mol. The van der Waals surface area contributed by atoms with Gasteiger partial charge in [-0.2, -0.15) is 11.8 Å². The third-order valence-electron chi connectivity index (χ3n) is 1.93. The van der Waals surface area contributed by atoms with E-state index in [1.165, 1.54) is 0 Å².